The molecule has 0 spiro atoms. The molecule has 4 rings (SSSR count). The van der Waals surface area contributed by atoms with E-state index in [1.165, 1.54) is 11.1 Å². The number of aryl methyl sites for hydroxylation is 1. The van der Waals surface area contributed by atoms with Crippen molar-refractivity contribution in [3.05, 3.63) is 70.5 Å². The molecule has 3 aromatic rings. The summed E-state index contributed by atoms with van der Waals surface area (Å²) in [5, 5.41) is 9.49. The molecule has 0 radical (unpaired) electrons. The third-order valence-corrected chi connectivity index (χ3v) is 4.85. The summed E-state index contributed by atoms with van der Waals surface area (Å²) in [5.41, 5.74) is 3.92. The summed E-state index contributed by atoms with van der Waals surface area (Å²) < 4.78 is 2.10. The highest BCUT2D eigenvalue weighted by Gasteiger charge is 2.20. The molecule has 122 valence electrons. The second-order valence-corrected chi connectivity index (χ2v) is 6.55. The van der Waals surface area contributed by atoms with Crippen LogP contribution in [0.25, 0.3) is 5.69 Å². The molecule has 2 heterocycles. The molecule has 0 aliphatic carbocycles. The monoisotopic (exact) mass is 338 g/mol. The van der Waals surface area contributed by atoms with Crippen LogP contribution in [0.4, 0.5) is 5.95 Å². The van der Waals surface area contributed by atoms with Crippen molar-refractivity contribution in [3.8, 4) is 5.69 Å². The minimum atomic E-state index is 0.733. The molecule has 1 aliphatic heterocycles. The normalized spacial score (nSPS) is 14.3. The van der Waals surface area contributed by atoms with E-state index in [1.807, 2.05) is 31.2 Å². The Balaban J connectivity index is 1.67. The van der Waals surface area contributed by atoms with Gasteiger partial charge in [0.1, 0.15) is 5.82 Å². The van der Waals surface area contributed by atoms with Gasteiger partial charge < -0.3 is 4.90 Å². The number of fused-ring (bicyclic) bond motifs is 1. The number of aromatic nitrogens is 3. The Hall–Kier alpha value is -2.33. The molecule has 1 aliphatic rings. The molecule has 0 fully saturated rings. The van der Waals surface area contributed by atoms with Gasteiger partial charge in [0.2, 0.25) is 5.95 Å². The average Bonchev–Trinajstić information content (AvgIpc) is 2.86. The maximum Gasteiger partial charge on any atom is 0.231 e. The molecule has 0 bridgehead atoms. The van der Waals surface area contributed by atoms with Crippen LogP contribution < -0.4 is 4.90 Å². The van der Waals surface area contributed by atoms with E-state index in [0.717, 1.165) is 48.4 Å². The van der Waals surface area contributed by atoms with Crippen LogP contribution in [0.1, 0.15) is 17.0 Å². The van der Waals surface area contributed by atoms with E-state index in [1.54, 1.807) is 0 Å². The Kier molecular flexibility index (Phi) is 3.98. The van der Waals surface area contributed by atoms with Crippen molar-refractivity contribution in [1.29, 1.82) is 0 Å². The minimum absolute atomic E-state index is 0.733. The van der Waals surface area contributed by atoms with Crippen molar-refractivity contribution >= 4 is 17.5 Å². The van der Waals surface area contributed by atoms with E-state index in [2.05, 4.69) is 43.9 Å². The molecular formula is C19H19ClN4. The lowest BCUT2D eigenvalue weighted by Crippen LogP contribution is -2.29. The van der Waals surface area contributed by atoms with Crippen LogP contribution >= 0.6 is 11.6 Å². The number of halogens is 1. The number of hydrogen-bond donors (Lipinski definition) is 0. The predicted molar refractivity (Wildman–Crippen MR) is 97.2 cm³/mol. The van der Waals surface area contributed by atoms with Gasteiger partial charge in [0.25, 0.3) is 0 Å². The van der Waals surface area contributed by atoms with E-state index in [-0.39, 0.29) is 0 Å². The van der Waals surface area contributed by atoms with Crippen molar-refractivity contribution in [1.82, 2.24) is 14.8 Å². The van der Waals surface area contributed by atoms with Crippen molar-refractivity contribution in [2.45, 2.75) is 19.8 Å². The van der Waals surface area contributed by atoms with Gasteiger partial charge in [-0.2, -0.15) is 0 Å². The Morgan fingerprint density at radius 2 is 1.50 bits per heavy atom. The second-order valence-electron chi connectivity index (χ2n) is 6.11. The lowest BCUT2D eigenvalue weighted by molar-refractivity contribution is 0.758. The smallest absolute Gasteiger partial charge is 0.231 e. The first-order valence-electron chi connectivity index (χ1n) is 8.22. The average molecular weight is 339 g/mol. The van der Waals surface area contributed by atoms with Gasteiger partial charge in [0.15, 0.2) is 0 Å². The fourth-order valence-electron chi connectivity index (χ4n) is 3.32. The molecular weight excluding hydrogens is 320 g/mol. The van der Waals surface area contributed by atoms with Gasteiger partial charge in [0.05, 0.1) is 5.69 Å². The standard InChI is InChI=1S/C19H19ClN4/c1-14-21-22-19(24(14)18-8-6-17(20)7-9-18)23-12-10-15-4-2-3-5-16(15)11-13-23/h2-9H,10-13H2,1H3. The Labute approximate surface area is 146 Å². The van der Waals surface area contributed by atoms with Crippen LogP contribution in [-0.2, 0) is 12.8 Å². The molecule has 2 aromatic carbocycles. The highest BCUT2D eigenvalue weighted by Crippen LogP contribution is 2.24. The molecule has 0 unspecified atom stereocenters. The maximum atomic E-state index is 6.02. The first kappa shape index (κ1) is 15.2. The summed E-state index contributed by atoms with van der Waals surface area (Å²) >= 11 is 6.02. The molecule has 0 N–H and O–H groups in total. The van der Waals surface area contributed by atoms with E-state index in [4.69, 9.17) is 11.6 Å². The van der Waals surface area contributed by atoms with Gasteiger partial charge >= 0.3 is 0 Å². The van der Waals surface area contributed by atoms with Crippen molar-refractivity contribution in [2.75, 3.05) is 18.0 Å². The first-order valence-corrected chi connectivity index (χ1v) is 8.60. The molecule has 4 nitrogen and oxygen atoms in total. The fraction of sp³-hybridized carbons (Fsp3) is 0.263. The summed E-state index contributed by atoms with van der Waals surface area (Å²) in [5.74, 6) is 1.79. The van der Waals surface area contributed by atoms with Gasteiger partial charge in [-0.15, -0.1) is 10.2 Å². The molecule has 24 heavy (non-hydrogen) atoms. The van der Waals surface area contributed by atoms with Crippen LogP contribution in [0.2, 0.25) is 5.02 Å². The first-order chi connectivity index (χ1) is 11.7. The fourth-order valence-corrected chi connectivity index (χ4v) is 3.44. The molecule has 0 saturated carbocycles. The minimum Gasteiger partial charge on any atom is -0.340 e. The van der Waals surface area contributed by atoms with Gasteiger partial charge in [0, 0.05) is 18.1 Å². The Morgan fingerprint density at radius 1 is 0.875 bits per heavy atom. The summed E-state index contributed by atoms with van der Waals surface area (Å²) in [6.45, 7) is 3.88. The quantitative estimate of drug-likeness (QED) is 0.712. The van der Waals surface area contributed by atoms with Gasteiger partial charge in [-0.25, -0.2) is 0 Å². The van der Waals surface area contributed by atoms with Gasteiger partial charge in [-0.3, -0.25) is 4.57 Å². The number of anilines is 1. The van der Waals surface area contributed by atoms with Crippen molar-refractivity contribution in [3.63, 3.8) is 0 Å². The third-order valence-electron chi connectivity index (χ3n) is 4.60. The topological polar surface area (TPSA) is 34.0 Å². The zero-order valence-electron chi connectivity index (χ0n) is 13.6. The number of hydrogen-bond acceptors (Lipinski definition) is 3. The number of benzene rings is 2. The SMILES string of the molecule is Cc1nnc(N2CCc3ccccc3CC2)n1-c1ccc(Cl)cc1. The summed E-state index contributed by atoms with van der Waals surface area (Å²) in [4.78, 5) is 2.33. The largest absolute Gasteiger partial charge is 0.340 e. The van der Waals surface area contributed by atoms with Crippen molar-refractivity contribution < 1.29 is 0 Å². The summed E-state index contributed by atoms with van der Waals surface area (Å²) in [7, 11) is 0. The van der Waals surface area contributed by atoms with Gasteiger partial charge in [-0.1, -0.05) is 35.9 Å². The highest BCUT2D eigenvalue weighted by molar-refractivity contribution is 6.30. The molecule has 5 heteroatoms. The van der Waals surface area contributed by atoms with Crippen LogP contribution in [0.3, 0.4) is 0 Å². The summed E-state index contributed by atoms with van der Waals surface area (Å²) in [6.07, 6.45) is 2.06. The maximum absolute atomic E-state index is 6.02. The van der Waals surface area contributed by atoms with Crippen LogP contribution in [0.15, 0.2) is 48.5 Å². The zero-order valence-corrected chi connectivity index (χ0v) is 14.4. The Bertz CT molecular complexity index is 827. The second kappa shape index (κ2) is 6.29. The predicted octanol–water partition coefficient (Wildman–Crippen LogP) is 3.83. The molecule has 1 aromatic heterocycles. The van der Waals surface area contributed by atoms with E-state index >= 15 is 0 Å². The number of rotatable bonds is 2. The molecule has 0 amide bonds. The van der Waals surface area contributed by atoms with Crippen LogP contribution in [-0.4, -0.2) is 27.9 Å². The number of nitrogens with zero attached hydrogens (tertiary/aromatic N) is 4. The lowest BCUT2D eigenvalue weighted by Gasteiger charge is -2.22. The zero-order chi connectivity index (χ0) is 16.5. The van der Waals surface area contributed by atoms with E-state index in [9.17, 15) is 0 Å². The molecule has 0 atom stereocenters. The van der Waals surface area contributed by atoms with Gasteiger partial charge in [-0.05, 0) is 55.2 Å². The molecule has 0 saturated heterocycles. The summed E-state index contributed by atoms with van der Waals surface area (Å²) in [6, 6.07) is 16.5. The highest BCUT2D eigenvalue weighted by atomic mass is 35.5. The third kappa shape index (κ3) is 2.78. The van der Waals surface area contributed by atoms with E-state index < -0.39 is 0 Å². The van der Waals surface area contributed by atoms with Crippen LogP contribution in [0.5, 0.6) is 0 Å². The van der Waals surface area contributed by atoms with Crippen molar-refractivity contribution in [2.24, 2.45) is 0 Å². The lowest BCUT2D eigenvalue weighted by atomic mass is 10.0. The Morgan fingerprint density at radius 3 is 2.12 bits per heavy atom. The van der Waals surface area contributed by atoms with Crippen LogP contribution in [0, 0.1) is 6.92 Å². The van der Waals surface area contributed by atoms with E-state index in [0.29, 0.717) is 0 Å².